The van der Waals surface area contributed by atoms with Gasteiger partial charge in [-0.1, -0.05) is 0 Å². The molecular formula is C15H23N3OS. The second-order valence-corrected chi connectivity index (χ2v) is 6.54. The van der Waals surface area contributed by atoms with Gasteiger partial charge in [0.25, 0.3) is 0 Å². The van der Waals surface area contributed by atoms with E-state index in [4.69, 9.17) is 4.74 Å². The van der Waals surface area contributed by atoms with Gasteiger partial charge in [-0.3, -0.25) is 4.40 Å². The topological polar surface area (TPSA) is 38.6 Å². The molecule has 0 aliphatic heterocycles. The molecule has 20 heavy (non-hydrogen) atoms. The largest absolute Gasteiger partial charge is 0.378 e. The maximum absolute atomic E-state index is 5.64. The Labute approximate surface area is 124 Å². The van der Waals surface area contributed by atoms with Gasteiger partial charge in [-0.25, -0.2) is 4.98 Å². The van der Waals surface area contributed by atoms with Crippen molar-refractivity contribution in [1.82, 2.24) is 14.7 Å². The Hall–Kier alpha value is -0.910. The van der Waals surface area contributed by atoms with Gasteiger partial charge in [0.15, 0.2) is 4.96 Å². The molecule has 2 aromatic heterocycles. The van der Waals surface area contributed by atoms with E-state index in [0.717, 1.165) is 23.9 Å². The minimum Gasteiger partial charge on any atom is -0.378 e. The molecule has 1 fully saturated rings. The van der Waals surface area contributed by atoms with Crippen molar-refractivity contribution in [2.45, 2.75) is 44.8 Å². The Morgan fingerprint density at radius 2 is 2.40 bits per heavy atom. The number of imidazole rings is 1. The van der Waals surface area contributed by atoms with Crippen molar-refractivity contribution in [2.24, 2.45) is 5.92 Å². The summed E-state index contributed by atoms with van der Waals surface area (Å²) >= 11 is 1.69. The Morgan fingerprint density at radius 1 is 1.55 bits per heavy atom. The number of hydrogen-bond donors (Lipinski definition) is 1. The third kappa shape index (κ3) is 3.05. The van der Waals surface area contributed by atoms with Crippen molar-refractivity contribution in [1.29, 1.82) is 0 Å². The molecule has 1 unspecified atom stereocenters. The second kappa shape index (κ2) is 6.24. The monoisotopic (exact) mass is 293 g/mol. The molecule has 1 atom stereocenters. The Kier molecular flexibility index (Phi) is 4.38. The first-order valence-electron chi connectivity index (χ1n) is 7.48. The first kappa shape index (κ1) is 14.0. The second-order valence-electron chi connectivity index (χ2n) is 5.67. The van der Waals surface area contributed by atoms with Crippen LogP contribution in [-0.4, -0.2) is 35.2 Å². The van der Waals surface area contributed by atoms with Crippen molar-refractivity contribution < 1.29 is 4.74 Å². The molecule has 3 rings (SSSR count). The lowest BCUT2D eigenvalue weighted by atomic mass is 9.77. The average molecular weight is 293 g/mol. The molecule has 5 heteroatoms. The lowest BCUT2D eigenvalue weighted by Gasteiger charge is -2.36. The molecule has 2 aromatic rings. The van der Waals surface area contributed by atoms with Gasteiger partial charge in [0.2, 0.25) is 0 Å². The van der Waals surface area contributed by atoms with Crippen molar-refractivity contribution in [2.75, 3.05) is 13.7 Å². The summed E-state index contributed by atoms with van der Waals surface area (Å²) in [6.45, 7) is 2.92. The molecular weight excluding hydrogens is 270 g/mol. The van der Waals surface area contributed by atoms with E-state index in [1.165, 1.54) is 25.0 Å². The van der Waals surface area contributed by atoms with Gasteiger partial charge in [0.05, 0.1) is 11.8 Å². The number of nitrogens with one attached hydrogen (secondary N) is 1. The minimum absolute atomic E-state index is 0.514. The van der Waals surface area contributed by atoms with Crippen molar-refractivity contribution in [3.05, 3.63) is 23.5 Å². The van der Waals surface area contributed by atoms with E-state index < -0.39 is 0 Å². The number of rotatable bonds is 7. The number of fused-ring (bicyclic) bond motifs is 1. The van der Waals surface area contributed by atoms with Crippen LogP contribution in [0.1, 0.15) is 31.9 Å². The third-order valence-electron chi connectivity index (χ3n) is 4.22. The van der Waals surface area contributed by atoms with Gasteiger partial charge in [0.1, 0.15) is 0 Å². The van der Waals surface area contributed by atoms with Crippen LogP contribution in [0.2, 0.25) is 0 Å². The quantitative estimate of drug-likeness (QED) is 0.853. The minimum atomic E-state index is 0.514. The van der Waals surface area contributed by atoms with Gasteiger partial charge < -0.3 is 10.1 Å². The molecule has 1 aliphatic rings. The van der Waals surface area contributed by atoms with Crippen LogP contribution in [0.25, 0.3) is 4.96 Å². The van der Waals surface area contributed by atoms with Crippen LogP contribution in [0.3, 0.4) is 0 Å². The SMILES string of the molecule is CCOC1CC(CC(Cc2cn3ccsc3n2)NC)C1. The Bertz CT molecular complexity index is 516. The van der Waals surface area contributed by atoms with E-state index >= 15 is 0 Å². The molecule has 0 bridgehead atoms. The highest BCUT2D eigenvalue weighted by Gasteiger charge is 2.31. The molecule has 0 radical (unpaired) electrons. The van der Waals surface area contributed by atoms with E-state index in [9.17, 15) is 0 Å². The normalized spacial score (nSPS) is 23.9. The maximum Gasteiger partial charge on any atom is 0.193 e. The summed E-state index contributed by atoms with van der Waals surface area (Å²) in [5.74, 6) is 0.813. The molecule has 2 heterocycles. The average Bonchev–Trinajstić information content (AvgIpc) is 2.95. The number of aromatic nitrogens is 2. The standard InChI is InChI=1S/C15H23N3OS/c1-3-19-14-7-11(8-14)6-12(16-2)9-13-10-18-4-5-20-15(18)17-13/h4-5,10-12,14,16H,3,6-9H2,1-2H3. The molecule has 0 amide bonds. The molecule has 1 aliphatic carbocycles. The summed E-state index contributed by atoms with van der Waals surface area (Å²) in [7, 11) is 2.06. The molecule has 0 saturated heterocycles. The Balaban J connectivity index is 1.51. The van der Waals surface area contributed by atoms with Crippen molar-refractivity contribution >= 4 is 16.3 Å². The summed E-state index contributed by atoms with van der Waals surface area (Å²) in [6, 6.07) is 0.521. The zero-order valence-corrected chi connectivity index (χ0v) is 13.0. The van der Waals surface area contributed by atoms with E-state index in [0.29, 0.717) is 12.1 Å². The van der Waals surface area contributed by atoms with Crippen LogP contribution in [0.15, 0.2) is 17.8 Å². The predicted molar refractivity (Wildman–Crippen MR) is 82.4 cm³/mol. The summed E-state index contributed by atoms with van der Waals surface area (Å²) in [5, 5.41) is 5.52. The van der Waals surface area contributed by atoms with Crippen molar-refractivity contribution in [3.8, 4) is 0 Å². The molecule has 0 spiro atoms. The Morgan fingerprint density at radius 3 is 3.10 bits per heavy atom. The number of likely N-dealkylation sites (N-methyl/N-ethyl adjacent to an activating group) is 1. The summed E-state index contributed by atoms with van der Waals surface area (Å²) in [4.78, 5) is 5.77. The highest BCUT2D eigenvalue weighted by molar-refractivity contribution is 7.15. The van der Waals surface area contributed by atoms with E-state index in [1.807, 2.05) is 0 Å². The highest BCUT2D eigenvalue weighted by Crippen LogP contribution is 2.34. The summed E-state index contributed by atoms with van der Waals surface area (Å²) in [5.41, 5.74) is 1.19. The molecule has 110 valence electrons. The first-order valence-corrected chi connectivity index (χ1v) is 8.36. The fourth-order valence-corrected chi connectivity index (χ4v) is 3.79. The van der Waals surface area contributed by atoms with Crippen LogP contribution in [0, 0.1) is 5.92 Å². The zero-order chi connectivity index (χ0) is 13.9. The number of thiazole rings is 1. The number of hydrogen-bond acceptors (Lipinski definition) is 4. The zero-order valence-electron chi connectivity index (χ0n) is 12.2. The van der Waals surface area contributed by atoms with Gasteiger partial charge in [-0.2, -0.15) is 0 Å². The van der Waals surface area contributed by atoms with Crippen molar-refractivity contribution in [3.63, 3.8) is 0 Å². The van der Waals surface area contributed by atoms with Crippen LogP contribution >= 0.6 is 11.3 Å². The molecule has 1 saturated carbocycles. The summed E-state index contributed by atoms with van der Waals surface area (Å²) in [6.07, 6.45) is 9.43. The molecule has 0 aromatic carbocycles. The highest BCUT2D eigenvalue weighted by atomic mass is 32.1. The predicted octanol–water partition coefficient (Wildman–Crippen LogP) is 2.73. The van der Waals surface area contributed by atoms with Gasteiger partial charge in [0, 0.05) is 36.8 Å². The molecule has 1 N–H and O–H groups in total. The maximum atomic E-state index is 5.64. The van der Waals surface area contributed by atoms with E-state index in [-0.39, 0.29) is 0 Å². The molecule has 4 nitrogen and oxygen atoms in total. The van der Waals surface area contributed by atoms with Gasteiger partial charge in [-0.15, -0.1) is 11.3 Å². The van der Waals surface area contributed by atoms with Gasteiger partial charge in [-0.05, 0) is 39.2 Å². The lowest BCUT2D eigenvalue weighted by Crippen LogP contribution is -2.38. The van der Waals surface area contributed by atoms with E-state index in [1.54, 1.807) is 11.3 Å². The van der Waals surface area contributed by atoms with Crippen LogP contribution in [-0.2, 0) is 11.2 Å². The van der Waals surface area contributed by atoms with Crippen LogP contribution in [0.4, 0.5) is 0 Å². The fourth-order valence-electron chi connectivity index (χ4n) is 3.07. The fraction of sp³-hybridized carbons (Fsp3) is 0.667. The van der Waals surface area contributed by atoms with E-state index in [2.05, 4.69) is 46.4 Å². The number of nitrogens with zero attached hydrogens (tertiary/aromatic N) is 2. The summed E-state index contributed by atoms with van der Waals surface area (Å²) < 4.78 is 7.75. The lowest BCUT2D eigenvalue weighted by molar-refractivity contribution is -0.0288. The van der Waals surface area contributed by atoms with Crippen LogP contribution in [0.5, 0.6) is 0 Å². The third-order valence-corrected chi connectivity index (χ3v) is 4.99. The van der Waals surface area contributed by atoms with Gasteiger partial charge >= 0.3 is 0 Å². The van der Waals surface area contributed by atoms with Crippen LogP contribution < -0.4 is 5.32 Å². The number of ether oxygens (including phenoxy) is 1. The smallest absolute Gasteiger partial charge is 0.193 e. The first-order chi connectivity index (χ1) is 9.78.